The monoisotopic (exact) mass is 293 g/mol. The third-order valence-corrected chi connectivity index (χ3v) is 5.18. The Morgan fingerprint density at radius 3 is 2.67 bits per heavy atom. The number of Topliss-reactive ketones (excluding diaryl/α,β-unsaturated/α-hetero) is 1. The Morgan fingerprint density at radius 1 is 1.10 bits per heavy atom. The van der Waals surface area contributed by atoms with Gasteiger partial charge in [-0.15, -0.1) is 0 Å². The van der Waals surface area contributed by atoms with E-state index in [2.05, 4.69) is 11.8 Å². The van der Waals surface area contributed by atoms with Crippen LogP contribution < -0.4 is 0 Å². The van der Waals surface area contributed by atoms with E-state index in [1.807, 2.05) is 0 Å². The van der Waals surface area contributed by atoms with E-state index in [1.165, 1.54) is 19.3 Å². The minimum atomic E-state index is 0.138. The summed E-state index contributed by atoms with van der Waals surface area (Å²) in [6, 6.07) is 0.213. The van der Waals surface area contributed by atoms with Crippen molar-refractivity contribution in [2.24, 2.45) is 5.92 Å². The summed E-state index contributed by atoms with van der Waals surface area (Å²) < 4.78 is 0. The van der Waals surface area contributed by atoms with E-state index in [0.717, 1.165) is 57.9 Å². The molecule has 1 saturated carbocycles. The molecular formula is C18H31NO2. The van der Waals surface area contributed by atoms with Crippen LogP contribution in [0.1, 0.15) is 84.0 Å². The molecule has 0 radical (unpaired) electrons. The number of hydrogen-bond donors (Lipinski definition) is 0. The van der Waals surface area contributed by atoms with Gasteiger partial charge in [0.15, 0.2) is 0 Å². The van der Waals surface area contributed by atoms with Crippen molar-refractivity contribution < 1.29 is 9.59 Å². The van der Waals surface area contributed by atoms with Gasteiger partial charge in [0.1, 0.15) is 5.78 Å². The lowest BCUT2D eigenvalue weighted by Gasteiger charge is -2.41. The maximum absolute atomic E-state index is 12.5. The maximum atomic E-state index is 12.5. The SMILES string of the molecule is CCCCCCC(=O)N1CCCCC1C1CCCCC1=O. The first-order chi connectivity index (χ1) is 10.2. The molecule has 1 amide bonds. The predicted molar refractivity (Wildman–Crippen MR) is 85.1 cm³/mol. The maximum Gasteiger partial charge on any atom is 0.222 e. The van der Waals surface area contributed by atoms with Crippen LogP contribution in [0, 0.1) is 5.92 Å². The van der Waals surface area contributed by atoms with Crippen LogP contribution in [0.2, 0.25) is 0 Å². The molecule has 1 saturated heterocycles. The number of piperidine rings is 1. The number of hydrogen-bond acceptors (Lipinski definition) is 2. The average Bonchev–Trinajstić information content (AvgIpc) is 2.52. The van der Waals surface area contributed by atoms with Gasteiger partial charge >= 0.3 is 0 Å². The number of likely N-dealkylation sites (tertiary alicyclic amines) is 1. The second-order valence-electron chi connectivity index (χ2n) is 6.78. The zero-order chi connectivity index (χ0) is 15.1. The quantitative estimate of drug-likeness (QED) is 0.691. The molecule has 2 atom stereocenters. The molecule has 120 valence electrons. The Hall–Kier alpha value is -0.860. The fraction of sp³-hybridized carbons (Fsp3) is 0.889. The van der Waals surface area contributed by atoms with Crippen molar-refractivity contribution >= 4 is 11.7 Å². The van der Waals surface area contributed by atoms with Crippen LogP contribution in [0.15, 0.2) is 0 Å². The Kier molecular flexibility index (Phi) is 6.72. The van der Waals surface area contributed by atoms with Gasteiger partial charge in [-0.2, -0.15) is 0 Å². The predicted octanol–water partition coefficient (Wildman–Crippen LogP) is 4.10. The van der Waals surface area contributed by atoms with E-state index in [-0.39, 0.29) is 12.0 Å². The second-order valence-corrected chi connectivity index (χ2v) is 6.78. The summed E-state index contributed by atoms with van der Waals surface area (Å²) in [5.41, 5.74) is 0. The minimum absolute atomic E-state index is 0.138. The van der Waals surface area contributed by atoms with Crippen molar-refractivity contribution in [2.45, 2.75) is 90.0 Å². The summed E-state index contributed by atoms with van der Waals surface area (Å²) in [7, 11) is 0. The van der Waals surface area contributed by atoms with E-state index in [0.29, 0.717) is 18.1 Å². The highest BCUT2D eigenvalue weighted by Crippen LogP contribution is 2.32. The fourth-order valence-corrected chi connectivity index (χ4v) is 3.95. The Balaban J connectivity index is 1.91. The van der Waals surface area contributed by atoms with Crippen LogP contribution >= 0.6 is 0 Å². The first-order valence-corrected chi connectivity index (χ1v) is 9.06. The third kappa shape index (κ3) is 4.55. The molecular weight excluding hydrogens is 262 g/mol. The van der Waals surface area contributed by atoms with Crippen LogP contribution in [0.3, 0.4) is 0 Å². The van der Waals surface area contributed by atoms with Gasteiger partial charge in [0.25, 0.3) is 0 Å². The summed E-state index contributed by atoms with van der Waals surface area (Å²) in [4.78, 5) is 26.8. The second kappa shape index (κ2) is 8.55. The van der Waals surface area contributed by atoms with E-state index in [9.17, 15) is 9.59 Å². The van der Waals surface area contributed by atoms with E-state index in [1.54, 1.807) is 0 Å². The molecule has 2 fully saturated rings. The molecule has 1 aliphatic heterocycles. The zero-order valence-electron chi connectivity index (χ0n) is 13.6. The summed E-state index contributed by atoms with van der Waals surface area (Å²) in [6.07, 6.45) is 12.5. The first-order valence-electron chi connectivity index (χ1n) is 9.06. The summed E-state index contributed by atoms with van der Waals surface area (Å²) in [5.74, 6) is 0.852. The molecule has 21 heavy (non-hydrogen) atoms. The lowest BCUT2D eigenvalue weighted by Crippen LogP contribution is -2.50. The third-order valence-electron chi connectivity index (χ3n) is 5.18. The van der Waals surface area contributed by atoms with Gasteiger partial charge in [0.2, 0.25) is 5.91 Å². The van der Waals surface area contributed by atoms with Crippen LogP contribution in [-0.2, 0) is 9.59 Å². The van der Waals surface area contributed by atoms with Gasteiger partial charge < -0.3 is 4.90 Å². The molecule has 1 aliphatic carbocycles. The van der Waals surface area contributed by atoms with Crippen LogP contribution in [0.5, 0.6) is 0 Å². The Morgan fingerprint density at radius 2 is 1.90 bits per heavy atom. The highest BCUT2D eigenvalue weighted by Gasteiger charge is 2.37. The highest BCUT2D eigenvalue weighted by molar-refractivity contribution is 5.84. The molecule has 0 aromatic carbocycles. The summed E-state index contributed by atoms with van der Waals surface area (Å²) in [5, 5.41) is 0. The lowest BCUT2D eigenvalue weighted by atomic mass is 9.79. The molecule has 0 aromatic rings. The van der Waals surface area contributed by atoms with Crippen LogP contribution in [-0.4, -0.2) is 29.2 Å². The Labute approximate surface area is 129 Å². The average molecular weight is 293 g/mol. The van der Waals surface area contributed by atoms with Gasteiger partial charge in [0.05, 0.1) is 0 Å². The van der Waals surface area contributed by atoms with Crippen molar-refractivity contribution in [2.75, 3.05) is 6.54 Å². The topological polar surface area (TPSA) is 37.4 Å². The number of ketones is 1. The standard InChI is InChI=1S/C18H31NO2/c1-2-3-4-5-13-18(21)19-14-9-8-11-16(19)15-10-6-7-12-17(15)20/h15-16H,2-14H2,1H3. The molecule has 0 bridgehead atoms. The van der Waals surface area contributed by atoms with E-state index >= 15 is 0 Å². The summed E-state index contributed by atoms with van der Waals surface area (Å²) >= 11 is 0. The van der Waals surface area contributed by atoms with Gasteiger partial charge in [0, 0.05) is 31.3 Å². The molecule has 3 nitrogen and oxygen atoms in total. The largest absolute Gasteiger partial charge is 0.339 e. The van der Waals surface area contributed by atoms with E-state index in [4.69, 9.17) is 0 Å². The number of amides is 1. The van der Waals surface area contributed by atoms with Gasteiger partial charge in [-0.1, -0.05) is 32.6 Å². The van der Waals surface area contributed by atoms with Crippen molar-refractivity contribution in [3.8, 4) is 0 Å². The lowest BCUT2D eigenvalue weighted by molar-refractivity contribution is -0.139. The van der Waals surface area contributed by atoms with Gasteiger partial charge in [-0.3, -0.25) is 9.59 Å². The number of unbranched alkanes of at least 4 members (excludes halogenated alkanes) is 3. The molecule has 1 heterocycles. The molecule has 0 aromatic heterocycles. The fourth-order valence-electron chi connectivity index (χ4n) is 3.95. The highest BCUT2D eigenvalue weighted by atomic mass is 16.2. The molecule has 0 N–H and O–H groups in total. The smallest absolute Gasteiger partial charge is 0.222 e. The van der Waals surface area contributed by atoms with Crippen molar-refractivity contribution in [1.82, 2.24) is 4.90 Å². The molecule has 0 spiro atoms. The number of carbonyl (C=O) groups excluding carboxylic acids is 2. The number of nitrogens with zero attached hydrogens (tertiary/aromatic N) is 1. The molecule has 2 unspecified atom stereocenters. The minimum Gasteiger partial charge on any atom is -0.339 e. The summed E-state index contributed by atoms with van der Waals surface area (Å²) in [6.45, 7) is 3.07. The van der Waals surface area contributed by atoms with Crippen molar-refractivity contribution in [1.29, 1.82) is 0 Å². The number of carbonyl (C=O) groups is 2. The van der Waals surface area contributed by atoms with Crippen molar-refractivity contribution in [3.05, 3.63) is 0 Å². The van der Waals surface area contributed by atoms with Crippen molar-refractivity contribution in [3.63, 3.8) is 0 Å². The normalized spacial score (nSPS) is 26.9. The number of rotatable bonds is 6. The zero-order valence-corrected chi connectivity index (χ0v) is 13.6. The van der Waals surface area contributed by atoms with Crippen LogP contribution in [0.4, 0.5) is 0 Å². The van der Waals surface area contributed by atoms with Gasteiger partial charge in [-0.25, -0.2) is 0 Å². The van der Waals surface area contributed by atoms with Gasteiger partial charge in [-0.05, 0) is 38.5 Å². The molecule has 3 heteroatoms. The Bertz CT molecular complexity index is 353. The molecule has 2 aliphatic rings. The van der Waals surface area contributed by atoms with Crippen LogP contribution in [0.25, 0.3) is 0 Å². The molecule has 2 rings (SSSR count). The first kappa shape index (κ1) is 16.5. The van der Waals surface area contributed by atoms with E-state index < -0.39 is 0 Å².